The molecule has 0 atom stereocenters. The molecule has 0 bridgehead atoms. The van der Waals surface area contributed by atoms with E-state index in [1.54, 1.807) is 7.11 Å². The molecule has 2 aromatic carbocycles. The van der Waals surface area contributed by atoms with E-state index in [2.05, 4.69) is 5.32 Å². The van der Waals surface area contributed by atoms with Crippen molar-refractivity contribution >= 4 is 17.7 Å². The van der Waals surface area contributed by atoms with E-state index in [4.69, 9.17) is 9.47 Å². The molecule has 1 amide bonds. The van der Waals surface area contributed by atoms with E-state index in [0.717, 1.165) is 22.6 Å². The summed E-state index contributed by atoms with van der Waals surface area (Å²) >= 11 is 0. The SMILES string of the molecule is COCc1cccc(NC(=O)C2=Cc3ccccc3OC2)c1. The van der Waals surface area contributed by atoms with Gasteiger partial charge in [0.2, 0.25) is 0 Å². The smallest absolute Gasteiger partial charge is 0.255 e. The van der Waals surface area contributed by atoms with Gasteiger partial charge in [-0.2, -0.15) is 0 Å². The predicted molar refractivity (Wildman–Crippen MR) is 85.7 cm³/mol. The molecule has 0 aliphatic carbocycles. The first-order chi connectivity index (χ1) is 10.8. The number of nitrogens with one attached hydrogen (secondary N) is 1. The Morgan fingerprint density at radius 2 is 2.09 bits per heavy atom. The first kappa shape index (κ1) is 14.4. The molecule has 0 spiro atoms. The average molecular weight is 295 g/mol. The van der Waals surface area contributed by atoms with E-state index in [1.165, 1.54) is 0 Å². The van der Waals surface area contributed by atoms with Gasteiger partial charge in [-0.15, -0.1) is 0 Å². The Hall–Kier alpha value is -2.59. The number of fused-ring (bicyclic) bond motifs is 1. The lowest BCUT2D eigenvalue weighted by molar-refractivity contribution is -0.113. The minimum absolute atomic E-state index is 0.149. The van der Waals surface area contributed by atoms with Crippen LogP contribution in [0.3, 0.4) is 0 Å². The normalized spacial score (nSPS) is 12.9. The van der Waals surface area contributed by atoms with Gasteiger partial charge in [-0.25, -0.2) is 0 Å². The number of carbonyl (C=O) groups excluding carboxylic acids is 1. The van der Waals surface area contributed by atoms with Crippen LogP contribution >= 0.6 is 0 Å². The lowest BCUT2D eigenvalue weighted by Crippen LogP contribution is -2.21. The van der Waals surface area contributed by atoms with Crippen LogP contribution in [-0.4, -0.2) is 19.6 Å². The van der Waals surface area contributed by atoms with Crippen molar-refractivity contribution in [2.75, 3.05) is 19.0 Å². The van der Waals surface area contributed by atoms with Gasteiger partial charge in [0.25, 0.3) is 5.91 Å². The fourth-order valence-corrected chi connectivity index (χ4v) is 2.36. The number of carbonyl (C=O) groups is 1. The maximum Gasteiger partial charge on any atom is 0.255 e. The summed E-state index contributed by atoms with van der Waals surface area (Å²) in [6, 6.07) is 15.3. The molecule has 0 aromatic heterocycles. The minimum atomic E-state index is -0.149. The molecule has 0 fully saturated rings. The second-order valence-corrected chi connectivity index (χ2v) is 5.08. The molecule has 0 saturated heterocycles. The summed E-state index contributed by atoms with van der Waals surface area (Å²) in [6.45, 7) is 0.795. The average Bonchev–Trinajstić information content (AvgIpc) is 2.55. The lowest BCUT2D eigenvalue weighted by atomic mass is 10.1. The lowest BCUT2D eigenvalue weighted by Gasteiger charge is -2.17. The van der Waals surface area contributed by atoms with Crippen LogP contribution in [0, 0.1) is 0 Å². The Labute approximate surface area is 129 Å². The van der Waals surface area contributed by atoms with Gasteiger partial charge in [0.05, 0.1) is 12.2 Å². The Morgan fingerprint density at radius 1 is 1.23 bits per heavy atom. The van der Waals surface area contributed by atoms with Gasteiger partial charge in [-0.3, -0.25) is 4.79 Å². The number of rotatable bonds is 4. The van der Waals surface area contributed by atoms with Crippen LogP contribution in [0.4, 0.5) is 5.69 Å². The number of ether oxygens (including phenoxy) is 2. The van der Waals surface area contributed by atoms with Crippen molar-refractivity contribution in [2.24, 2.45) is 0 Å². The summed E-state index contributed by atoms with van der Waals surface area (Å²) in [5.74, 6) is 0.658. The summed E-state index contributed by atoms with van der Waals surface area (Å²) < 4.78 is 10.7. The van der Waals surface area contributed by atoms with Crippen LogP contribution in [0.1, 0.15) is 11.1 Å². The Balaban J connectivity index is 1.75. The maximum atomic E-state index is 12.4. The van der Waals surface area contributed by atoms with Gasteiger partial charge in [-0.1, -0.05) is 30.3 Å². The molecule has 3 rings (SSSR count). The molecule has 0 radical (unpaired) electrons. The number of amides is 1. The van der Waals surface area contributed by atoms with E-state index in [0.29, 0.717) is 12.2 Å². The molecular weight excluding hydrogens is 278 g/mol. The van der Waals surface area contributed by atoms with E-state index >= 15 is 0 Å². The third kappa shape index (κ3) is 3.18. The van der Waals surface area contributed by atoms with Crippen molar-refractivity contribution in [1.82, 2.24) is 0 Å². The fraction of sp³-hybridized carbons (Fsp3) is 0.167. The molecule has 1 aliphatic rings. The van der Waals surface area contributed by atoms with E-state index in [-0.39, 0.29) is 12.5 Å². The number of methoxy groups -OCH3 is 1. The first-order valence-electron chi connectivity index (χ1n) is 7.08. The largest absolute Gasteiger partial charge is 0.488 e. The minimum Gasteiger partial charge on any atom is -0.488 e. The van der Waals surface area contributed by atoms with Gasteiger partial charge >= 0.3 is 0 Å². The molecule has 4 nitrogen and oxygen atoms in total. The molecule has 0 unspecified atom stereocenters. The number of hydrogen-bond donors (Lipinski definition) is 1. The van der Waals surface area contributed by atoms with Crippen LogP contribution in [0.15, 0.2) is 54.1 Å². The van der Waals surface area contributed by atoms with Crippen molar-refractivity contribution < 1.29 is 14.3 Å². The van der Waals surface area contributed by atoms with Gasteiger partial charge < -0.3 is 14.8 Å². The fourth-order valence-electron chi connectivity index (χ4n) is 2.36. The number of para-hydroxylation sites is 1. The molecule has 1 N–H and O–H groups in total. The molecule has 22 heavy (non-hydrogen) atoms. The molecule has 1 heterocycles. The summed E-state index contributed by atoms with van der Waals surface area (Å²) in [7, 11) is 1.65. The summed E-state index contributed by atoms with van der Waals surface area (Å²) in [5.41, 5.74) is 3.29. The zero-order valence-electron chi connectivity index (χ0n) is 12.3. The highest BCUT2D eigenvalue weighted by atomic mass is 16.5. The van der Waals surface area contributed by atoms with Gasteiger partial charge in [0, 0.05) is 18.4 Å². The van der Waals surface area contributed by atoms with Crippen LogP contribution in [0.5, 0.6) is 5.75 Å². The Bertz CT molecular complexity index is 722. The quantitative estimate of drug-likeness (QED) is 0.942. The topological polar surface area (TPSA) is 47.6 Å². The Kier molecular flexibility index (Phi) is 4.21. The van der Waals surface area contributed by atoms with Gasteiger partial charge in [-0.05, 0) is 29.8 Å². The Morgan fingerprint density at radius 3 is 2.95 bits per heavy atom. The van der Waals surface area contributed by atoms with Crippen molar-refractivity contribution in [3.05, 3.63) is 65.2 Å². The van der Waals surface area contributed by atoms with Gasteiger partial charge in [0.15, 0.2) is 0 Å². The molecule has 2 aromatic rings. The number of anilines is 1. The summed E-state index contributed by atoms with van der Waals surface area (Å²) in [6.07, 6.45) is 1.87. The number of hydrogen-bond acceptors (Lipinski definition) is 3. The summed E-state index contributed by atoms with van der Waals surface area (Å²) in [5, 5.41) is 2.90. The predicted octanol–water partition coefficient (Wildman–Crippen LogP) is 3.25. The zero-order valence-corrected chi connectivity index (χ0v) is 12.3. The third-order valence-electron chi connectivity index (χ3n) is 3.42. The number of benzene rings is 2. The van der Waals surface area contributed by atoms with E-state index in [9.17, 15) is 4.79 Å². The van der Waals surface area contributed by atoms with Crippen molar-refractivity contribution in [2.45, 2.75) is 6.61 Å². The highest BCUT2D eigenvalue weighted by molar-refractivity contribution is 6.07. The second-order valence-electron chi connectivity index (χ2n) is 5.08. The van der Waals surface area contributed by atoms with Crippen LogP contribution in [-0.2, 0) is 16.1 Å². The third-order valence-corrected chi connectivity index (χ3v) is 3.42. The van der Waals surface area contributed by atoms with Crippen LogP contribution in [0.2, 0.25) is 0 Å². The van der Waals surface area contributed by atoms with Gasteiger partial charge in [0.1, 0.15) is 12.4 Å². The van der Waals surface area contributed by atoms with Crippen molar-refractivity contribution in [3.63, 3.8) is 0 Å². The van der Waals surface area contributed by atoms with Crippen molar-refractivity contribution in [3.8, 4) is 5.75 Å². The van der Waals surface area contributed by atoms with Crippen LogP contribution in [0.25, 0.3) is 6.08 Å². The highest BCUT2D eigenvalue weighted by Crippen LogP contribution is 2.26. The maximum absolute atomic E-state index is 12.4. The van der Waals surface area contributed by atoms with Crippen molar-refractivity contribution in [1.29, 1.82) is 0 Å². The molecule has 1 aliphatic heterocycles. The summed E-state index contributed by atoms with van der Waals surface area (Å²) in [4.78, 5) is 12.4. The molecule has 0 saturated carbocycles. The molecular formula is C18H17NO3. The van der Waals surface area contributed by atoms with E-state index < -0.39 is 0 Å². The first-order valence-corrected chi connectivity index (χ1v) is 7.08. The van der Waals surface area contributed by atoms with Crippen LogP contribution < -0.4 is 10.1 Å². The van der Waals surface area contributed by atoms with E-state index in [1.807, 2.05) is 54.6 Å². The standard InChI is InChI=1S/C18H17NO3/c1-21-11-13-5-4-7-16(9-13)19-18(20)15-10-14-6-2-3-8-17(14)22-12-15/h2-10H,11-12H2,1H3,(H,19,20). The monoisotopic (exact) mass is 295 g/mol. The zero-order chi connectivity index (χ0) is 15.4. The molecule has 112 valence electrons. The molecule has 4 heteroatoms. The second kappa shape index (κ2) is 6.45. The highest BCUT2D eigenvalue weighted by Gasteiger charge is 2.17.